The van der Waals surface area contributed by atoms with E-state index >= 15 is 0 Å². The Labute approximate surface area is 178 Å². The molecule has 0 aromatic heterocycles. The molecule has 166 valence electrons. The molecule has 3 saturated heterocycles. The van der Waals surface area contributed by atoms with E-state index in [9.17, 15) is 21.6 Å². The number of hydrogen-bond acceptors (Lipinski definition) is 6. The number of piperidine rings is 1. The molecule has 1 atom stereocenters. The smallest absolute Gasteiger partial charge is 0.243 e. The number of carbonyl (C=O) groups excluding carboxylic acids is 1. The fraction of sp³-hybridized carbons (Fsp3) is 0.650. The van der Waals surface area contributed by atoms with E-state index in [1.807, 2.05) is 4.90 Å². The van der Waals surface area contributed by atoms with Gasteiger partial charge in [-0.1, -0.05) is 18.2 Å². The molecule has 8 nitrogen and oxygen atoms in total. The molecule has 3 fully saturated rings. The molecule has 0 N–H and O–H groups in total. The van der Waals surface area contributed by atoms with Crippen LogP contribution < -0.4 is 0 Å². The molecule has 3 heterocycles. The van der Waals surface area contributed by atoms with Crippen molar-refractivity contribution in [1.29, 1.82) is 0 Å². The fourth-order valence-electron chi connectivity index (χ4n) is 4.71. The van der Waals surface area contributed by atoms with Crippen molar-refractivity contribution >= 4 is 25.8 Å². The predicted octanol–water partition coefficient (Wildman–Crippen LogP) is 0.419. The molecule has 1 aromatic carbocycles. The molecule has 4 rings (SSSR count). The molecule has 3 aliphatic heterocycles. The maximum absolute atomic E-state index is 13.0. The number of piperazine rings is 1. The van der Waals surface area contributed by atoms with E-state index in [1.165, 1.54) is 4.31 Å². The number of benzene rings is 1. The number of rotatable bonds is 4. The topological polar surface area (TPSA) is 95.1 Å². The van der Waals surface area contributed by atoms with E-state index in [0.29, 0.717) is 63.4 Å². The number of sulfone groups is 1. The SMILES string of the molecule is O=C(C1CCN(S(=O)(=O)c2ccccc2)CC1)N1CCN([C@@H]2CCS(=O)(=O)C2)CC1. The van der Waals surface area contributed by atoms with Crippen LogP contribution in [0.3, 0.4) is 0 Å². The van der Waals surface area contributed by atoms with Gasteiger partial charge in [-0.05, 0) is 31.4 Å². The Balaban J connectivity index is 1.28. The first-order valence-electron chi connectivity index (χ1n) is 10.5. The van der Waals surface area contributed by atoms with Gasteiger partial charge in [0.2, 0.25) is 15.9 Å². The first-order chi connectivity index (χ1) is 14.3. The third-order valence-corrected chi connectivity index (χ3v) is 10.2. The van der Waals surface area contributed by atoms with Gasteiger partial charge in [0, 0.05) is 51.2 Å². The number of amides is 1. The van der Waals surface area contributed by atoms with Crippen LogP contribution >= 0.6 is 0 Å². The average Bonchev–Trinajstić information content (AvgIpc) is 3.14. The summed E-state index contributed by atoms with van der Waals surface area (Å²) < 4.78 is 50.4. The summed E-state index contributed by atoms with van der Waals surface area (Å²) in [4.78, 5) is 17.3. The molecule has 0 bridgehead atoms. The highest BCUT2D eigenvalue weighted by Gasteiger charge is 2.37. The number of nitrogens with zero attached hydrogens (tertiary/aromatic N) is 3. The van der Waals surface area contributed by atoms with Gasteiger partial charge in [0.25, 0.3) is 0 Å². The van der Waals surface area contributed by atoms with Gasteiger partial charge in [0.15, 0.2) is 9.84 Å². The van der Waals surface area contributed by atoms with Gasteiger partial charge in [-0.2, -0.15) is 4.31 Å². The Bertz CT molecular complexity index is 965. The van der Waals surface area contributed by atoms with Crippen molar-refractivity contribution in [1.82, 2.24) is 14.1 Å². The molecular formula is C20H29N3O5S2. The van der Waals surface area contributed by atoms with Crippen molar-refractivity contribution < 1.29 is 21.6 Å². The van der Waals surface area contributed by atoms with E-state index in [0.717, 1.165) is 0 Å². The van der Waals surface area contributed by atoms with E-state index in [2.05, 4.69) is 4.90 Å². The molecule has 30 heavy (non-hydrogen) atoms. The minimum atomic E-state index is -3.51. The Morgan fingerprint density at radius 3 is 2.10 bits per heavy atom. The summed E-state index contributed by atoms with van der Waals surface area (Å²) in [6.07, 6.45) is 1.75. The molecule has 1 amide bonds. The Morgan fingerprint density at radius 2 is 1.53 bits per heavy atom. The molecule has 1 aromatic rings. The zero-order valence-electron chi connectivity index (χ0n) is 17.0. The van der Waals surface area contributed by atoms with Crippen LogP contribution in [-0.4, -0.2) is 93.7 Å². The van der Waals surface area contributed by atoms with Crippen LogP contribution in [0.1, 0.15) is 19.3 Å². The van der Waals surface area contributed by atoms with Gasteiger partial charge in [0.05, 0.1) is 16.4 Å². The molecule has 0 aliphatic carbocycles. The van der Waals surface area contributed by atoms with E-state index in [1.54, 1.807) is 30.3 Å². The third-order valence-electron chi connectivity index (χ3n) is 6.53. The second-order valence-electron chi connectivity index (χ2n) is 8.41. The van der Waals surface area contributed by atoms with Gasteiger partial charge in [-0.25, -0.2) is 16.8 Å². The lowest BCUT2D eigenvalue weighted by atomic mass is 9.96. The van der Waals surface area contributed by atoms with Crippen LogP contribution in [0.25, 0.3) is 0 Å². The Morgan fingerprint density at radius 1 is 0.900 bits per heavy atom. The van der Waals surface area contributed by atoms with E-state index in [-0.39, 0.29) is 29.4 Å². The molecule has 0 unspecified atom stereocenters. The van der Waals surface area contributed by atoms with Gasteiger partial charge in [-0.15, -0.1) is 0 Å². The summed E-state index contributed by atoms with van der Waals surface area (Å²) in [7, 11) is -6.41. The summed E-state index contributed by atoms with van der Waals surface area (Å²) in [5.41, 5.74) is 0. The summed E-state index contributed by atoms with van der Waals surface area (Å²) >= 11 is 0. The number of sulfonamides is 1. The highest BCUT2D eigenvalue weighted by molar-refractivity contribution is 7.91. The van der Waals surface area contributed by atoms with Crippen LogP contribution in [0.5, 0.6) is 0 Å². The van der Waals surface area contributed by atoms with Crippen LogP contribution in [0.2, 0.25) is 0 Å². The van der Waals surface area contributed by atoms with Crippen LogP contribution in [0, 0.1) is 5.92 Å². The summed E-state index contributed by atoms with van der Waals surface area (Å²) in [5.74, 6) is 0.451. The lowest BCUT2D eigenvalue weighted by Gasteiger charge is -2.40. The molecule has 0 spiro atoms. The van der Waals surface area contributed by atoms with E-state index < -0.39 is 19.9 Å². The quantitative estimate of drug-likeness (QED) is 0.653. The van der Waals surface area contributed by atoms with Crippen molar-refractivity contribution in [3.63, 3.8) is 0 Å². The monoisotopic (exact) mass is 455 g/mol. The fourth-order valence-corrected chi connectivity index (χ4v) is 7.97. The second-order valence-corrected chi connectivity index (χ2v) is 12.6. The molecule has 3 aliphatic rings. The summed E-state index contributed by atoms with van der Waals surface area (Å²) in [6.45, 7) is 3.33. The van der Waals surface area contributed by atoms with Gasteiger partial charge in [-0.3, -0.25) is 9.69 Å². The van der Waals surface area contributed by atoms with Crippen molar-refractivity contribution in [2.75, 3.05) is 50.8 Å². The highest BCUT2D eigenvalue weighted by Crippen LogP contribution is 2.26. The van der Waals surface area contributed by atoms with E-state index in [4.69, 9.17) is 0 Å². The summed E-state index contributed by atoms with van der Waals surface area (Å²) in [5, 5.41) is 0. The standard InChI is InChI=1S/C20H29N3O5S2/c24-20(22-13-11-21(12-14-22)18-8-15-29(25,26)16-18)17-6-9-23(10-7-17)30(27,28)19-4-2-1-3-5-19/h1-5,17-18H,6-16H2/t18-/m1/s1. The summed E-state index contributed by atoms with van der Waals surface area (Å²) in [6, 6.07) is 8.49. The lowest BCUT2D eigenvalue weighted by Crippen LogP contribution is -2.54. The maximum Gasteiger partial charge on any atom is 0.243 e. The van der Waals surface area contributed by atoms with Crippen LogP contribution in [0.15, 0.2) is 35.2 Å². The lowest BCUT2D eigenvalue weighted by molar-refractivity contribution is -0.138. The first-order valence-corrected chi connectivity index (χ1v) is 13.8. The minimum Gasteiger partial charge on any atom is -0.340 e. The second kappa shape index (κ2) is 8.57. The minimum absolute atomic E-state index is 0.0821. The Hall–Kier alpha value is -1.49. The molecule has 10 heteroatoms. The molecule has 0 saturated carbocycles. The Kier molecular flexibility index (Phi) is 6.20. The normalized spacial score (nSPS) is 26.7. The molecule has 0 radical (unpaired) electrons. The average molecular weight is 456 g/mol. The van der Waals surface area contributed by atoms with Gasteiger partial charge < -0.3 is 4.90 Å². The van der Waals surface area contributed by atoms with Crippen molar-refractivity contribution in [3.05, 3.63) is 30.3 Å². The number of carbonyl (C=O) groups is 1. The van der Waals surface area contributed by atoms with Crippen molar-refractivity contribution in [3.8, 4) is 0 Å². The predicted molar refractivity (Wildman–Crippen MR) is 113 cm³/mol. The third kappa shape index (κ3) is 4.56. The first kappa shape index (κ1) is 21.7. The zero-order valence-corrected chi connectivity index (χ0v) is 18.7. The zero-order chi connectivity index (χ0) is 21.4. The highest BCUT2D eigenvalue weighted by atomic mass is 32.2. The number of hydrogen-bond donors (Lipinski definition) is 0. The van der Waals surface area contributed by atoms with Crippen LogP contribution in [-0.2, 0) is 24.7 Å². The van der Waals surface area contributed by atoms with Gasteiger partial charge in [0.1, 0.15) is 0 Å². The van der Waals surface area contributed by atoms with Gasteiger partial charge >= 0.3 is 0 Å². The largest absolute Gasteiger partial charge is 0.340 e. The van der Waals surface area contributed by atoms with Crippen molar-refractivity contribution in [2.24, 2.45) is 5.92 Å². The van der Waals surface area contributed by atoms with Crippen LogP contribution in [0.4, 0.5) is 0 Å². The molecular weight excluding hydrogens is 426 g/mol. The van der Waals surface area contributed by atoms with Crippen molar-refractivity contribution in [2.45, 2.75) is 30.2 Å². The maximum atomic E-state index is 13.0.